The fourth-order valence-corrected chi connectivity index (χ4v) is 3.25. The highest BCUT2D eigenvalue weighted by Crippen LogP contribution is 2.23. The van der Waals surface area contributed by atoms with Crippen LogP contribution < -0.4 is 5.73 Å². The number of thioether (sulfide) groups is 1. The summed E-state index contributed by atoms with van der Waals surface area (Å²) >= 11 is 1.40. The molecule has 1 aliphatic rings. The molecule has 0 saturated carbocycles. The third-order valence-electron chi connectivity index (χ3n) is 3.63. The molecule has 1 unspecified atom stereocenters. The number of rotatable bonds is 5. The molecule has 0 spiro atoms. The number of carbonyl (C=O) groups is 1. The Balaban J connectivity index is 1.89. The minimum atomic E-state index is -0.431. The van der Waals surface area contributed by atoms with Crippen molar-refractivity contribution in [2.75, 3.05) is 18.8 Å². The van der Waals surface area contributed by atoms with Gasteiger partial charge in [0, 0.05) is 36.2 Å². The first kappa shape index (κ1) is 15.8. The zero-order chi connectivity index (χ0) is 15.2. The number of likely N-dealkylation sites (tertiary alicyclic amines) is 1. The minimum Gasteiger partial charge on any atom is -0.338 e. The predicted molar refractivity (Wildman–Crippen MR) is 82.2 cm³/mol. The number of non-ortho nitro benzene ring substituents is 1. The summed E-state index contributed by atoms with van der Waals surface area (Å²) in [6.45, 7) is 1.29. The molecule has 1 aliphatic heterocycles. The Bertz CT molecular complexity index is 507. The maximum atomic E-state index is 12.3. The van der Waals surface area contributed by atoms with Crippen LogP contribution in [0.1, 0.15) is 19.3 Å². The number of hydrogen-bond acceptors (Lipinski definition) is 5. The van der Waals surface area contributed by atoms with Gasteiger partial charge >= 0.3 is 0 Å². The van der Waals surface area contributed by atoms with Gasteiger partial charge in [0.05, 0.1) is 10.7 Å². The van der Waals surface area contributed by atoms with Gasteiger partial charge in [0.15, 0.2) is 0 Å². The molecule has 114 valence electrons. The summed E-state index contributed by atoms with van der Waals surface area (Å²) in [5, 5.41) is 10.6. The summed E-state index contributed by atoms with van der Waals surface area (Å²) in [7, 11) is 0. The molecule has 0 bridgehead atoms. The van der Waals surface area contributed by atoms with E-state index in [1.54, 1.807) is 12.1 Å². The third kappa shape index (κ3) is 4.18. The van der Waals surface area contributed by atoms with Gasteiger partial charge in [-0.2, -0.15) is 0 Å². The van der Waals surface area contributed by atoms with E-state index in [9.17, 15) is 14.9 Å². The Kier molecular flexibility index (Phi) is 5.58. The SMILES string of the molecule is NCC1CCCCN1C(=O)CSc1ccc([N+](=O)[O-])cc1. The number of nitrogens with zero attached hydrogens (tertiary/aromatic N) is 2. The van der Waals surface area contributed by atoms with E-state index < -0.39 is 4.92 Å². The smallest absolute Gasteiger partial charge is 0.269 e. The van der Waals surface area contributed by atoms with Crippen LogP contribution in [-0.4, -0.2) is 40.6 Å². The molecule has 0 aliphatic carbocycles. The second-order valence-electron chi connectivity index (χ2n) is 5.01. The van der Waals surface area contributed by atoms with Crippen LogP contribution in [0.5, 0.6) is 0 Å². The summed E-state index contributed by atoms with van der Waals surface area (Å²) in [4.78, 5) is 25.1. The Morgan fingerprint density at radius 1 is 1.38 bits per heavy atom. The molecule has 1 amide bonds. The lowest BCUT2D eigenvalue weighted by Gasteiger charge is -2.35. The van der Waals surface area contributed by atoms with Crippen LogP contribution in [0.4, 0.5) is 5.69 Å². The molecular weight excluding hydrogens is 290 g/mol. The second kappa shape index (κ2) is 7.42. The van der Waals surface area contributed by atoms with Crippen molar-refractivity contribution in [3.05, 3.63) is 34.4 Å². The molecule has 0 aromatic heterocycles. The van der Waals surface area contributed by atoms with Crippen molar-refractivity contribution < 1.29 is 9.72 Å². The quantitative estimate of drug-likeness (QED) is 0.510. The van der Waals surface area contributed by atoms with Gasteiger partial charge in [-0.1, -0.05) is 0 Å². The first-order chi connectivity index (χ1) is 10.1. The molecule has 21 heavy (non-hydrogen) atoms. The average Bonchev–Trinajstić information content (AvgIpc) is 2.52. The third-order valence-corrected chi connectivity index (χ3v) is 4.63. The van der Waals surface area contributed by atoms with E-state index in [0.717, 1.165) is 30.7 Å². The largest absolute Gasteiger partial charge is 0.338 e. The summed E-state index contributed by atoms with van der Waals surface area (Å²) in [6, 6.07) is 6.41. The average molecular weight is 309 g/mol. The Morgan fingerprint density at radius 3 is 2.71 bits per heavy atom. The number of nitrogens with two attached hydrogens (primary N) is 1. The molecular formula is C14H19N3O3S. The van der Waals surface area contributed by atoms with E-state index >= 15 is 0 Å². The predicted octanol–water partition coefficient (Wildman–Crippen LogP) is 2.03. The van der Waals surface area contributed by atoms with Crippen LogP contribution in [0.3, 0.4) is 0 Å². The van der Waals surface area contributed by atoms with E-state index in [0.29, 0.717) is 12.3 Å². The van der Waals surface area contributed by atoms with Crippen LogP contribution >= 0.6 is 11.8 Å². The lowest BCUT2D eigenvalue weighted by molar-refractivity contribution is -0.384. The first-order valence-electron chi connectivity index (χ1n) is 6.98. The molecule has 1 atom stereocenters. The van der Waals surface area contributed by atoms with Crippen molar-refractivity contribution in [2.45, 2.75) is 30.2 Å². The molecule has 7 heteroatoms. The first-order valence-corrected chi connectivity index (χ1v) is 7.97. The van der Waals surface area contributed by atoms with Crippen molar-refractivity contribution in [3.63, 3.8) is 0 Å². The van der Waals surface area contributed by atoms with E-state index in [1.165, 1.54) is 23.9 Å². The molecule has 1 fully saturated rings. The number of piperidine rings is 1. The monoisotopic (exact) mass is 309 g/mol. The molecule has 1 aromatic carbocycles. The summed E-state index contributed by atoms with van der Waals surface area (Å²) in [5.41, 5.74) is 5.78. The molecule has 2 rings (SSSR count). The van der Waals surface area contributed by atoms with Gasteiger partial charge in [-0.25, -0.2) is 0 Å². The standard InChI is InChI=1S/C14H19N3O3S/c15-9-12-3-1-2-8-16(12)14(18)10-21-13-6-4-11(5-7-13)17(19)20/h4-7,12H,1-3,8-10,15H2. The molecule has 1 aromatic rings. The van der Waals surface area contributed by atoms with Crippen LogP contribution in [0.2, 0.25) is 0 Å². The summed E-state index contributed by atoms with van der Waals surface area (Å²) < 4.78 is 0. The van der Waals surface area contributed by atoms with Gasteiger partial charge in [-0.05, 0) is 31.4 Å². The molecule has 0 radical (unpaired) electrons. The Labute approximate surface area is 127 Å². The van der Waals surface area contributed by atoms with Crippen molar-refractivity contribution >= 4 is 23.4 Å². The highest BCUT2D eigenvalue weighted by atomic mass is 32.2. The Morgan fingerprint density at radius 2 is 2.10 bits per heavy atom. The zero-order valence-electron chi connectivity index (χ0n) is 11.7. The fraction of sp³-hybridized carbons (Fsp3) is 0.500. The van der Waals surface area contributed by atoms with Crippen LogP contribution in [0.25, 0.3) is 0 Å². The summed E-state index contributed by atoms with van der Waals surface area (Å²) in [6.07, 6.45) is 3.13. The lowest BCUT2D eigenvalue weighted by atomic mass is 10.0. The second-order valence-corrected chi connectivity index (χ2v) is 6.06. The van der Waals surface area contributed by atoms with E-state index in [1.807, 2.05) is 4.90 Å². The van der Waals surface area contributed by atoms with E-state index in [-0.39, 0.29) is 17.6 Å². The van der Waals surface area contributed by atoms with Gasteiger partial charge in [-0.3, -0.25) is 14.9 Å². The van der Waals surface area contributed by atoms with Gasteiger partial charge < -0.3 is 10.6 Å². The van der Waals surface area contributed by atoms with Gasteiger partial charge in [-0.15, -0.1) is 11.8 Å². The number of amides is 1. The van der Waals surface area contributed by atoms with Crippen molar-refractivity contribution in [2.24, 2.45) is 5.73 Å². The van der Waals surface area contributed by atoms with Crippen molar-refractivity contribution in [3.8, 4) is 0 Å². The lowest BCUT2D eigenvalue weighted by Crippen LogP contribution is -2.48. The molecule has 1 saturated heterocycles. The van der Waals surface area contributed by atoms with Gasteiger partial charge in [0.2, 0.25) is 5.91 Å². The number of carbonyl (C=O) groups excluding carboxylic acids is 1. The van der Waals surface area contributed by atoms with E-state index in [4.69, 9.17) is 5.73 Å². The number of nitro benzene ring substituents is 1. The number of benzene rings is 1. The highest BCUT2D eigenvalue weighted by molar-refractivity contribution is 8.00. The molecule has 6 nitrogen and oxygen atoms in total. The fourth-order valence-electron chi connectivity index (χ4n) is 2.47. The van der Waals surface area contributed by atoms with Gasteiger partial charge in [0.1, 0.15) is 0 Å². The topological polar surface area (TPSA) is 89.5 Å². The maximum Gasteiger partial charge on any atom is 0.269 e. The highest BCUT2D eigenvalue weighted by Gasteiger charge is 2.25. The number of hydrogen-bond donors (Lipinski definition) is 1. The Hall–Kier alpha value is -1.60. The van der Waals surface area contributed by atoms with Crippen LogP contribution in [0.15, 0.2) is 29.2 Å². The van der Waals surface area contributed by atoms with Crippen molar-refractivity contribution in [1.29, 1.82) is 0 Å². The minimum absolute atomic E-state index is 0.0601. The number of nitro groups is 1. The van der Waals surface area contributed by atoms with Gasteiger partial charge in [0.25, 0.3) is 5.69 Å². The van der Waals surface area contributed by atoms with Crippen LogP contribution in [0, 0.1) is 10.1 Å². The zero-order valence-corrected chi connectivity index (χ0v) is 12.6. The normalized spacial score (nSPS) is 18.5. The van der Waals surface area contributed by atoms with E-state index in [2.05, 4.69) is 0 Å². The molecule has 1 heterocycles. The summed E-state index contributed by atoms with van der Waals surface area (Å²) in [5.74, 6) is 0.433. The maximum absolute atomic E-state index is 12.3. The van der Waals surface area contributed by atoms with Crippen molar-refractivity contribution in [1.82, 2.24) is 4.90 Å². The molecule has 2 N–H and O–H groups in total. The van der Waals surface area contributed by atoms with Crippen LogP contribution in [-0.2, 0) is 4.79 Å².